The Balaban J connectivity index is 2.30. The van der Waals surface area contributed by atoms with E-state index in [-0.39, 0.29) is 6.61 Å². The van der Waals surface area contributed by atoms with Gasteiger partial charge in [0.05, 0.1) is 6.61 Å². The molecule has 0 amide bonds. The minimum Gasteiger partial charge on any atom is -0.395 e. The molecular formula is C13H28N2OS. The minimum absolute atomic E-state index is 0.264. The molecule has 1 heterocycles. The Labute approximate surface area is 110 Å². The van der Waals surface area contributed by atoms with Crippen molar-refractivity contribution >= 4 is 11.8 Å². The van der Waals surface area contributed by atoms with E-state index >= 15 is 0 Å². The van der Waals surface area contributed by atoms with Gasteiger partial charge in [0.15, 0.2) is 0 Å². The van der Waals surface area contributed by atoms with Crippen molar-refractivity contribution in [3.05, 3.63) is 0 Å². The maximum atomic E-state index is 9.27. The number of rotatable bonds is 6. The average Bonchev–Trinajstić information content (AvgIpc) is 2.31. The molecule has 0 aromatic rings. The van der Waals surface area contributed by atoms with Crippen molar-refractivity contribution in [1.29, 1.82) is 0 Å². The summed E-state index contributed by atoms with van der Waals surface area (Å²) in [6.07, 6.45) is 4.53. The fourth-order valence-electron chi connectivity index (χ4n) is 2.50. The van der Waals surface area contributed by atoms with Crippen molar-refractivity contribution in [3.63, 3.8) is 0 Å². The minimum atomic E-state index is 0.264. The molecular weight excluding hydrogens is 232 g/mol. The molecule has 3 nitrogen and oxygen atoms in total. The van der Waals surface area contributed by atoms with E-state index in [1.165, 1.54) is 25.9 Å². The lowest BCUT2D eigenvalue weighted by Crippen LogP contribution is -2.50. The molecule has 1 fully saturated rings. The van der Waals surface area contributed by atoms with E-state index in [4.69, 9.17) is 0 Å². The van der Waals surface area contributed by atoms with Gasteiger partial charge < -0.3 is 15.3 Å². The molecule has 2 atom stereocenters. The first-order valence-corrected chi connectivity index (χ1v) is 8.01. The maximum absolute atomic E-state index is 9.27. The summed E-state index contributed by atoms with van der Waals surface area (Å²) >= 11 is 1.75. The number of thioether (sulfide) groups is 1. The molecule has 1 rings (SSSR count). The molecule has 0 radical (unpaired) electrons. The SMILES string of the molecule is CSC(CO)C(C)NC1CCN(C(C)C)CC1. The van der Waals surface area contributed by atoms with Gasteiger partial charge in [-0.2, -0.15) is 11.8 Å². The van der Waals surface area contributed by atoms with Crippen LogP contribution in [0.25, 0.3) is 0 Å². The van der Waals surface area contributed by atoms with Crippen LogP contribution in [0.2, 0.25) is 0 Å². The van der Waals surface area contributed by atoms with Crippen LogP contribution in [0.1, 0.15) is 33.6 Å². The lowest BCUT2D eigenvalue weighted by Gasteiger charge is -2.37. The van der Waals surface area contributed by atoms with Crippen LogP contribution >= 0.6 is 11.8 Å². The molecule has 17 heavy (non-hydrogen) atoms. The van der Waals surface area contributed by atoms with E-state index in [0.29, 0.717) is 23.4 Å². The van der Waals surface area contributed by atoms with E-state index in [1.54, 1.807) is 11.8 Å². The molecule has 0 aromatic heterocycles. The fourth-order valence-corrected chi connectivity index (χ4v) is 3.13. The van der Waals surface area contributed by atoms with Crippen molar-refractivity contribution in [2.75, 3.05) is 26.0 Å². The van der Waals surface area contributed by atoms with Gasteiger partial charge in [-0.25, -0.2) is 0 Å². The Morgan fingerprint density at radius 3 is 2.29 bits per heavy atom. The molecule has 4 heteroatoms. The summed E-state index contributed by atoms with van der Waals surface area (Å²) in [5.41, 5.74) is 0. The summed E-state index contributed by atoms with van der Waals surface area (Å²) in [7, 11) is 0. The lowest BCUT2D eigenvalue weighted by molar-refractivity contribution is 0.155. The second-order valence-corrected chi connectivity index (χ2v) is 6.39. The standard InChI is InChI=1S/C13H28N2OS/c1-10(2)15-7-5-12(6-8-15)14-11(3)13(9-16)17-4/h10-14,16H,5-9H2,1-4H3. The quantitative estimate of drug-likeness (QED) is 0.760. The van der Waals surface area contributed by atoms with E-state index < -0.39 is 0 Å². The predicted molar refractivity (Wildman–Crippen MR) is 76.7 cm³/mol. The van der Waals surface area contributed by atoms with Crippen molar-refractivity contribution in [2.45, 2.75) is 57.0 Å². The van der Waals surface area contributed by atoms with Crippen LogP contribution < -0.4 is 5.32 Å². The summed E-state index contributed by atoms with van der Waals surface area (Å²) < 4.78 is 0. The molecule has 0 aliphatic carbocycles. The van der Waals surface area contributed by atoms with Gasteiger partial charge in [0.1, 0.15) is 0 Å². The Morgan fingerprint density at radius 2 is 1.88 bits per heavy atom. The molecule has 1 aliphatic heterocycles. The molecule has 0 bridgehead atoms. The van der Waals surface area contributed by atoms with Crippen molar-refractivity contribution < 1.29 is 5.11 Å². The van der Waals surface area contributed by atoms with Crippen LogP contribution in [0, 0.1) is 0 Å². The van der Waals surface area contributed by atoms with Gasteiger partial charge in [0.25, 0.3) is 0 Å². The van der Waals surface area contributed by atoms with Gasteiger partial charge in [0, 0.05) is 23.4 Å². The third-order valence-corrected chi connectivity index (χ3v) is 4.96. The van der Waals surface area contributed by atoms with Crippen LogP contribution in [0.4, 0.5) is 0 Å². The molecule has 2 unspecified atom stereocenters. The van der Waals surface area contributed by atoms with Crippen LogP contribution in [0.3, 0.4) is 0 Å². The third-order valence-electron chi connectivity index (χ3n) is 3.80. The maximum Gasteiger partial charge on any atom is 0.0564 e. The second-order valence-electron chi connectivity index (χ2n) is 5.32. The topological polar surface area (TPSA) is 35.5 Å². The normalized spacial score (nSPS) is 22.9. The highest BCUT2D eigenvalue weighted by atomic mass is 32.2. The fraction of sp³-hybridized carbons (Fsp3) is 1.00. The smallest absolute Gasteiger partial charge is 0.0564 e. The van der Waals surface area contributed by atoms with Gasteiger partial charge in [0.2, 0.25) is 0 Å². The molecule has 0 spiro atoms. The number of hydrogen-bond donors (Lipinski definition) is 2. The van der Waals surface area contributed by atoms with Crippen LogP contribution in [0.15, 0.2) is 0 Å². The first kappa shape index (κ1) is 15.3. The highest BCUT2D eigenvalue weighted by Crippen LogP contribution is 2.16. The first-order valence-electron chi connectivity index (χ1n) is 6.72. The number of aliphatic hydroxyl groups excluding tert-OH is 1. The number of aliphatic hydroxyl groups is 1. The Morgan fingerprint density at radius 1 is 1.29 bits per heavy atom. The Kier molecular flexibility index (Phi) is 6.85. The van der Waals surface area contributed by atoms with Gasteiger partial charge in [-0.15, -0.1) is 0 Å². The second kappa shape index (κ2) is 7.62. The zero-order valence-electron chi connectivity index (χ0n) is 11.6. The number of piperidine rings is 1. The van der Waals surface area contributed by atoms with Crippen LogP contribution in [-0.2, 0) is 0 Å². The molecule has 102 valence electrons. The zero-order chi connectivity index (χ0) is 12.8. The van der Waals surface area contributed by atoms with Crippen LogP contribution in [0.5, 0.6) is 0 Å². The van der Waals surface area contributed by atoms with Gasteiger partial charge in [-0.1, -0.05) is 0 Å². The molecule has 1 aliphatic rings. The van der Waals surface area contributed by atoms with Gasteiger partial charge in [-0.05, 0) is 53.0 Å². The molecule has 0 saturated carbocycles. The summed E-state index contributed by atoms with van der Waals surface area (Å²) in [6.45, 7) is 9.39. The van der Waals surface area contributed by atoms with E-state index in [0.717, 1.165) is 0 Å². The third kappa shape index (κ3) is 4.78. The molecule has 0 aromatic carbocycles. The summed E-state index contributed by atoms with van der Waals surface area (Å²) in [5.74, 6) is 0. The summed E-state index contributed by atoms with van der Waals surface area (Å²) in [6, 6.07) is 1.69. The van der Waals surface area contributed by atoms with Gasteiger partial charge in [-0.3, -0.25) is 0 Å². The number of nitrogens with zero attached hydrogens (tertiary/aromatic N) is 1. The van der Waals surface area contributed by atoms with Crippen LogP contribution in [-0.4, -0.2) is 59.3 Å². The van der Waals surface area contributed by atoms with E-state index in [1.807, 2.05) is 0 Å². The lowest BCUT2D eigenvalue weighted by atomic mass is 10.0. The number of likely N-dealkylation sites (tertiary alicyclic amines) is 1. The highest BCUT2D eigenvalue weighted by molar-refractivity contribution is 7.99. The zero-order valence-corrected chi connectivity index (χ0v) is 12.5. The largest absolute Gasteiger partial charge is 0.395 e. The summed E-state index contributed by atoms with van der Waals surface area (Å²) in [5, 5.41) is 13.3. The Bertz CT molecular complexity index is 202. The summed E-state index contributed by atoms with van der Waals surface area (Å²) in [4.78, 5) is 2.54. The van der Waals surface area contributed by atoms with Gasteiger partial charge >= 0.3 is 0 Å². The monoisotopic (exact) mass is 260 g/mol. The van der Waals surface area contributed by atoms with E-state index in [9.17, 15) is 5.11 Å². The predicted octanol–water partition coefficient (Wildman–Crippen LogP) is 1.56. The highest BCUT2D eigenvalue weighted by Gasteiger charge is 2.24. The Hall–Kier alpha value is 0.230. The van der Waals surface area contributed by atoms with E-state index in [2.05, 4.69) is 37.2 Å². The van der Waals surface area contributed by atoms with Crippen molar-refractivity contribution in [1.82, 2.24) is 10.2 Å². The van der Waals surface area contributed by atoms with Crippen molar-refractivity contribution in [3.8, 4) is 0 Å². The number of hydrogen-bond acceptors (Lipinski definition) is 4. The average molecular weight is 260 g/mol. The van der Waals surface area contributed by atoms with Crippen molar-refractivity contribution in [2.24, 2.45) is 0 Å². The number of nitrogens with one attached hydrogen (secondary N) is 1. The molecule has 1 saturated heterocycles. The first-order chi connectivity index (χ1) is 8.08. The molecule has 2 N–H and O–H groups in total.